The molecule has 0 saturated carbocycles. The van der Waals surface area contributed by atoms with Gasteiger partial charge in [-0.25, -0.2) is 9.78 Å². The maximum Gasteiger partial charge on any atom is 0.320 e. The van der Waals surface area contributed by atoms with Gasteiger partial charge in [0.15, 0.2) is 0 Å². The van der Waals surface area contributed by atoms with Crippen LogP contribution in [0.3, 0.4) is 0 Å². The highest BCUT2D eigenvalue weighted by Crippen LogP contribution is 2.16. The fourth-order valence-electron chi connectivity index (χ4n) is 3.00. The molecule has 2 aliphatic rings. The SMILES string of the molecule is CN1CCN(CC(=O)NC2CCN(c3cnccn3)CC2)C1=O. The van der Waals surface area contributed by atoms with Crippen molar-refractivity contribution < 1.29 is 9.59 Å². The molecule has 124 valence electrons. The summed E-state index contributed by atoms with van der Waals surface area (Å²) in [5.74, 6) is 0.801. The summed E-state index contributed by atoms with van der Waals surface area (Å²) in [6.45, 7) is 3.13. The van der Waals surface area contributed by atoms with Crippen molar-refractivity contribution in [3.8, 4) is 0 Å². The number of hydrogen-bond acceptors (Lipinski definition) is 5. The zero-order chi connectivity index (χ0) is 16.2. The highest BCUT2D eigenvalue weighted by molar-refractivity contribution is 5.85. The van der Waals surface area contributed by atoms with Gasteiger partial charge < -0.3 is 20.0 Å². The van der Waals surface area contributed by atoms with E-state index in [0.29, 0.717) is 13.1 Å². The number of nitrogens with one attached hydrogen (secondary N) is 1. The van der Waals surface area contributed by atoms with Gasteiger partial charge in [0.25, 0.3) is 0 Å². The van der Waals surface area contributed by atoms with E-state index in [1.54, 1.807) is 35.4 Å². The molecule has 1 N–H and O–H groups in total. The second-order valence-electron chi connectivity index (χ2n) is 6.02. The fraction of sp³-hybridized carbons (Fsp3) is 0.600. The van der Waals surface area contributed by atoms with Gasteiger partial charge in [0.1, 0.15) is 12.4 Å². The quantitative estimate of drug-likeness (QED) is 0.840. The first-order valence-electron chi connectivity index (χ1n) is 7.94. The number of carbonyl (C=O) groups is 2. The summed E-state index contributed by atoms with van der Waals surface area (Å²) in [7, 11) is 1.75. The molecule has 0 aromatic carbocycles. The lowest BCUT2D eigenvalue weighted by atomic mass is 10.1. The van der Waals surface area contributed by atoms with Crippen molar-refractivity contribution in [2.75, 3.05) is 44.7 Å². The van der Waals surface area contributed by atoms with Crippen molar-refractivity contribution in [3.63, 3.8) is 0 Å². The van der Waals surface area contributed by atoms with Crippen molar-refractivity contribution in [1.29, 1.82) is 0 Å². The molecule has 2 saturated heterocycles. The number of urea groups is 1. The molecule has 1 aromatic rings. The summed E-state index contributed by atoms with van der Waals surface area (Å²) < 4.78 is 0. The lowest BCUT2D eigenvalue weighted by Crippen LogP contribution is -2.48. The van der Waals surface area contributed by atoms with Crippen LogP contribution in [-0.2, 0) is 4.79 Å². The number of aromatic nitrogens is 2. The Labute approximate surface area is 135 Å². The van der Waals surface area contributed by atoms with Crippen LogP contribution in [0.4, 0.5) is 10.6 Å². The number of hydrogen-bond donors (Lipinski definition) is 1. The van der Waals surface area contributed by atoms with Crippen molar-refractivity contribution >= 4 is 17.8 Å². The number of amides is 3. The maximum absolute atomic E-state index is 12.1. The molecule has 2 fully saturated rings. The van der Waals surface area contributed by atoms with Gasteiger partial charge in [0.05, 0.1) is 6.20 Å². The molecule has 0 unspecified atom stereocenters. The lowest BCUT2D eigenvalue weighted by molar-refractivity contribution is -0.122. The summed E-state index contributed by atoms with van der Waals surface area (Å²) >= 11 is 0. The second-order valence-corrected chi connectivity index (χ2v) is 6.02. The molecule has 0 atom stereocenters. The summed E-state index contributed by atoms with van der Waals surface area (Å²) in [6, 6.07) is 0.0866. The van der Waals surface area contributed by atoms with Gasteiger partial charge >= 0.3 is 6.03 Å². The van der Waals surface area contributed by atoms with Crippen molar-refractivity contribution in [2.45, 2.75) is 18.9 Å². The second kappa shape index (κ2) is 6.80. The third-order valence-electron chi connectivity index (χ3n) is 4.37. The summed E-state index contributed by atoms with van der Waals surface area (Å²) in [5.41, 5.74) is 0. The maximum atomic E-state index is 12.1. The van der Waals surface area contributed by atoms with E-state index in [9.17, 15) is 9.59 Å². The predicted octanol–water partition coefficient (Wildman–Crippen LogP) is -0.0710. The van der Waals surface area contributed by atoms with Gasteiger partial charge in [-0.3, -0.25) is 9.78 Å². The first-order valence-corrected chi connectivity index (χ1v) is 7.94. The van der Waals surface area contributed by atoms with Gasteiger partial charge in [-0.1, -0.05) is 0 Å². The fourth-order valence-corrected chi connectivity index (χ4v) is 3.00. The molecule has 3 heterocycles. The first kappa shape index (κ1) is 15.5. The van der Waals surface area contributed by atoms with Crippen LogP contribution in [0.15, 0.2) is 18.6 Å². The highest BCUT2D eigenvalue weighted by atomic mass is 16.2. The normalized spacial score (nSPS) is 19.3. The molecule has 23 heavy (non-hydrogen) atoms. The van der Waals surface area contributed by atoms with Crippen LogP contribution in [-0.4, -0.2) is 77.5 Å². The van der Waals surface area contributed by atoms with Gasteiger partial charge in [-0.15, -0.1) is 0 Å². The van der Waals surface area contributed by atoms with E-state index >= 15 is 0 Å². The molecule has 0 spiro atoms. The number of carbonyl (C=O) groups excluding carboxylic acids is 2. The molecular formula is C15H22N6O2. The van der Waals surface area contributed by atoms with Crippen molar-refractivity contribution in [1.82, 2.24) is 25.1 Å². The average molecular weight is 318 g/mol. The van der Waals surface area contributed by atoms with Gasteiger partial charge in [0.2, 0.25) is 5.91 Å². The van der Waals surface area contributed by atoms with E-state index in [2.05, 4.69) is 20.2 Å². The summed E-state index contributed by atoms with van der Waals surface area (Å²) in [4.78, 5) is 37.7. The van der Waals surface area contributed by atoms with Crippen LogP contribution >= 0.6 is 0 Å². The first-order chi connectivity index (χ1) is 11.1. The largest absolute Gasteiger partial charge is 0.355 e. The number of rotatable bonds is 4. The molecule has 0 radical (unpaired) electrons. The van der Waals surface area contributed by atoms with Crippen LogP contribution in [0.1, 0.15) is 12.8 Å². The molecule has 3 amide bonds. The smallest absolute Gasteiger partial charge is 0.320 e. The van der Waals surface area contributed by atoms with Crippen LogP contribution in [0, 0.1) is 0 Å². The molecule has 8 nitrogen and oxygen atoms in total. The zero-order valence-corrected chi connectivity index (χ0v) is 13.3. The van der Waals surface area contributed by atoms with Crippen LogP contribution in [0.5, 0.6) is 0 Å². The highest BCUT2D eigenvalue weighted by Gasteiger charge is 2.28. The standard InChI is InChI=1S/C15H22N6O2/c1-19-8-9-21(15(19)23)11-14(22)18-12-2-6-20(7-3-12)13-10-16-4-5-17-13/h4-5,10,12H,2-3,6-9,11H2,1H3,(H,18,22). The minimum atomic E-state index is -0.0772. The van der Waals surface area contributed by atoms with E-state index in [1.807, 2.05) is 0 Å². The zero-order valence-electron chi connectivity index (χ0n) is 13.3. The summed E-state index contributed by atoms with van der Waals surface area (Å²) in [5, 5.41) is 3.04. The number of nitrogens with zero attached hydrogens (tertiary/aromatic N) is 5. The van der Waals surface area contributed by atoms with E-state index in [0.717, 1.165) is 31.7 Å². The van der Waals surface area contributed by atoms with E-state index < -0.39 is 0 Å². The van der Waals surface area contributed by atoms with Crippen LogP contribution in [0.25, 0.3) is 0 Å². The van der Waals surface area contributed by atoms with Crippen molar-refractivity contribution in [2.24, 2.45) is 0 Å². The molecule has 3 rings (SSSR count). The number of likely N-dealkylation sites (N-methyl/N-ethyl adjacent to an activating group) is 1. The monoisotopic (exact) mass is 318 g/mol. The Morgan fingerprint density at radius 3 is 2.65 bits per heavy atom. The Hall–Kier alpha value is -2.38. The Morgan fingerprint density at radius 1 is 1.26 bits per heavy atom. The average Bonchev–Trinajstić information content (AvgIpc) is 2.88. The molecule has 8 heteroatoms. The Morgan fingerprint density at radius 2 is 2.04 bits per heavy atom. The van der Waals surface area contributed by atoms with Crippen molar-refractivity contribution in [3.05, 3.63) is 18.6 Å². The Balaban J connectivity index is 1.44. The molecular weight excluding hydrogens is 296 g/mol. The van der Waals surface area contributed by atoms with Gasteiger partial charge in [0, 0.05) is 51.7 Å². The minimum absolute atomic E-state index is 0.0716. The molecule has 0 aliphatic carbocycles. The molecule has 0 bridgehead atoms. The molecule has 1 aromatic heterocycles. The van der Waals surface area contributed by atoms with E-state index in [4.69, 9.17) is 0 Å². The topological polar surface area (TPSA) is 81.7 Å². The van der Waals surface area contributed by atoms with Gasteiger partial charge in [-0.05, 0) is 12.8 Å². The molecule has 2 aliphatic heterocycles. The third kappa shape index (κ3) is 3.69. The van der Waals surface area contributed by atoms with Crippen LogP contribution < -0.4 is 10.2 Å². The van der Waals surface area contributed by atoms with Gasteiger partial charge in [-0.2, -0.15) is 0 Å². The lowest BCUT2D eigenvalue weighted by Gasteiger charge is -2.33. The predicted molar refractivity (Wildman–Crippen MR) is 85.0 cm³/mol. The van der Waals surface area contributed by atoms with E-state index in [1.165, 1.54) is 0 Å². The number of anilines is 1. The summed E-state index contributed by atoms with van der Waals surface area (Å²) in [6.07, 6.45) is 6.85. The third-order valence-corrected chi connectivity index (χ3v) is 4.37. The minimum Gasteiger partial charge on any atom is -0.355 e. The Kier molecular flexibility index (Phi) is 4.59. The number of piperidine rings is 1. The van der Waals surface area contributed by atoms with E-state index in [-0.39, 0.29) is 24.5 Å². The Bertz CT molecular complexity index is 558. The van der Waals surface area contributed by atoms with Crippen LogP contribution in [0.2, 0.25) is 0 Å².